The number of esters is 1. The molecule has 6 nitrogen and oxygen atoms in total. The zero-order valence-corrected chi connectivity index (χ0v) is 18.8. The third-order valence-electron chi connectivity index (χ3n) is 7.97. The summed E-state index contributed by atoms with van der Waals surface area (Å²) < 4.78 is 5.54. The van der Waals surface area contributed by atoms with Gasteiger partial charge < -0.3 is 4.74 Å². The topological polar surface area (TPSA) is 80.8 Å². The molecule has 2 bridgehead atoms. The molecule has 1 heterocycles. The number of imide groups is 1. The number of rotatable bonds is 6. The minimum absolute atomic E-state index is 0.143. The number of benzene rings is 2. The van der Waals surface area contributed by atoms with Crippen LogP contribution in [-0.4, -0.2) is 29.7 Å². The Morgan fingerprint density at radius 3 is 2.15 bits per heavy atom. The second-order valence-corrected chi connectivity index (χ2v) is 9.75. The number of allylic oxidation sites excluding steroid dienone is 2. The van der Waals surface area contributed by atoms with Crippen LogP contribution in [0.2, 0.25) is 0 Å². The molecule has 0 aromatic heterocycles. The highest BCUT2D eigenvalue weighted by Crippen LogP contribution is 2.65. The average Bonchev–Trinajstić information content (AvgIpc) is 3.65. The maximum atomic E-state index is 13.4. The van der Waals surface area contributed by atoms with Crippen molar-refractivity contribution in [2.45, 2.75) is 25.9 Å². The lowest BCUT2D eigenvalue weighted by Gasteiger charge is -2.37. The molecule has 0 spiro atoms. The Morgan fingerprint density at radius 1 is 0.912 bits per heavy atom. The monoisotopic (exact) mass is 455 g/mol. The van der Waals surface area contributed by atoms with Crippen molar-refractivity contribution in [2.24, 2.45) is 35.5 Å². The van der Waals surface area contributed by atoms with E-state index in [0.29, 0.717) is 29.5 Å². The van der Waals surface area contributed by atoms with Gasteiger partial charge in [0.1, 0.15) is 0 Å². The van der Waals surface area contributed by atoms with Crippen LogP contribution in [-0.2, 0) is 14.3 Å². The van der Waals surface area contributed by atoms with Gasteiger partial charge in [0.2, 0.25) is 17.6 Å². The van der Waals surface area contributed by atoms with Gasteiger partial charge in [-0.1, -0.05) is 55.5 Å². The summed E-state index contributed by atoms with van der Waals surface area (Å²) in [7, 11) is 0. The lowest BCUT2D eigenvalue weighted by Crippen LogP contribution is -2.40. The first-order valence-corrected chi connectivity index (χ1v) is 12.0. The third-order valence-corrected chi connectivity index (χ3v) is 7.97. The maximum absolute atomic E-state index is 13.4. The van der Waals surface area contributed by atoms with Gasteiger partial charge in [0, 0.05) is 5.56 Å². The molecule has 7 rings (SSSR count). The fourth-order valence-corrected chi connectivity index (χ4v) is 6.29. The van der Waals surface area contributed by atoms with E-state index in [-0.39, 0.29) is 46.8 Å². The van der Waals surface area contributed by atoms with Crippen molar-refractivity contribution in [1.29, 1.82) is 0 Å². The molecule has 2 aromatic carbocycles. The predicted molar refractivity (Wildman–Crippen MR) is 124 cm³/mol. The number of nitrogens with zero attached hydrogens (tertiary/aromatic N) is 1. The molecule has 2 aromatic rings. The highest BCUT2D eigenvalue weighted by molar-refractivity contribution is 6.23. The summed E-state index contributed by atoms with van der Waals surface area (Å²) in [5.74, 6) is -0.505. The number of amides is 2. The van der Waals surface area contributed by atoms with Crippen LogP contribution in [0.5, 0.6) is 0 Å². The summed E-state index contributed by atoms with van der Waals surface area (Å²) in [5.41, 5.74) is 1.07. The molecule has 172 valence electrons. The van der Waals surface area contributed by atoms with Gasteiger partial charge in [-0.2, -0.15) is 0 Å². The Bertz CT molecular complexity index is 1200. The molecule has 6 heteroatoms. The summed E-state index contributed by atoms with van der Waals surface area (Å²) in [4.78, 5) is 53.7. The standard InChI is InChI=1S/C28H25NO5/c1-2-22(25(30)15-7-4-3-5-8-15)34-28(33)16-9-6-10-17(13-16)29-26(31)23-18-11-12-19(21-14-20(18)21)24(23)27(29)32/h3-13,18-24H,2,14H2,1H3/t18-,19-,20-,21+,22+,23+,24+/m1/s1. The molecular weight excluding hydrogens is 430 g/mol. The van der Waals surface area contributed by atoms with E-state index < -0.39 is 12.1 Å². The van der Waals surface area contributed by atoms with Crippen molar-refractivity contribution >= 4 is 29.3 Å². The predicted octanol–water partition coefficient (Wildman–Crippen LogP) is 4.06. The van der Waals surface area contributed by atoms with E-state index in [4.69, 9.17) is 4.74 Å². The van der Waals surface area contributed by atoms with E-state index in [9.17, 15) is 19.2 Å². The number of anilines is 1. The third kappa shape index (κ3) is 3.08. The van der Waals surface area contributed by atoms with E-state index in [1.807, 2.05) is 6.07 Å². The highest BCUT2D eigenvalue weighted by Gasteiger charge is 2.67. The molecule has 0 radical (unpaired) electrons. The summed E-state index contributed by atoms with van der Waals surface area (Å²) >= 11 is 0. The minimum atomic E-state index is -0.912. The van der Waals surface area contributed by atoms with Crippen molar-refractivity contribution in [2.75, 3.05) is 4.90 Å². The molecule has 34 heavy (non-hydrogen) atoms. The van der Waals surface area contributed by atoms with Gasteiger partial charge in [-0.3, -0.25) is 14.4 Å². The maximum Gasteiger partial charge on any atom is 0.338 e. The summed E-state index contributed by atoms with van der Waals surface area (Å²) in [6.45, 7) is 1.78. The largest absolute Gasteiger partial charge is 0.450 e. The van der Waals surface area contributed by atoms with E-state index >= 15 is 0 Å². The normalized spacial score (nSPS) is 31.1. The molecule has 5 aliphatic rings. The number of hydrogen-bond acceptors (Lipinski definition) is 5. The molecule has 1 saturated heterocycles. The molecule has 3 fully saturated rings. The van der Waals surface area contributed by atoms with E-state index in [0.717, 1.165) is 6.42 Å². The molecule has 2 amide bonds. The molecular formula is C28H25NO5. The fraction of sp³-hybridized carbons (Fsp3) is 0.357. The number of hydrogen-bond donors (Lipinski definition) is 0. The number of carbonyl (C=O) groups excluding carboxylic acids is 4. The van der Waals surface area contributed by atoms with Crippen LogP contribution in [0.3, 0.4) is 0 Å². The number of ketones is 1. The first-order chi connectivity index (χ1) is 16.5. The first kappa shape index (κ1) is 21.0. The Labute approximate surface area is 197 Å². The van der Waals surface area contributed by atoms with E-state index in [1.54, 1.807) is 49.4 Å². The van der Waals surface area contributed by atoms with Crippen molar-refractivity contribution in [3.63, 3.8) is 0 Å². The summed E-state index contributed by atoms with van der Waals surface area (Å²) in [6.07, 6.45) is 4.81. The van der Waals surface area contributed by atoms with Gasteiger partial charge in [-0.25, -0.2) is 9.69 Å². The highest BCUT2D eigenvalue weighted by atomic mass is 16.5. The summed E-state index contributed by atoms with van der Waals surface area (Å²) in [6, 6.07) is 15.1. The van der Waals surface area contributed by atoms with Gasteiger partial charge in [0.25, 0.3) is 0 Å². The zero-order valence-electron chi connectivity index (χ0n) is 18.8. The molecule has 0 N–H and O–H groups in total. The van der Waals surface area contributed by atoms with Crippen molar-refractivity contribution in [3.8, 4) is 0 Å². The van der Waals surface area contributed by atoms with E-state index in [2.05, 4.69) is 12.2 Å². The Morgan fingerprint density at radius 2 is 1.53 bits per heavy atom. The lowest BCUT2D eigenvalue weighted by atomic mass is 9.63. The van der Waals surface area contributed by atoms with Gasteiger partial charge in [-0.05, 0) is 54.7 Å². The first-order valence-electron chi connectivity index (χ1n) is 12.0. The van der Waals surface area contributed by atoms with Crippen LogP contribution in [0, 0.1) is 35.5 Å². The van der Waals surface area contributed by atoms with Crippen LogP contribution < -0.4 is 4.90 Å². The van der Waals surface area contributed by atoms with Crippen molar-refractivity contribution in [1.82, 2.24) is 0 Å². The van der Waals surface area contributed by atoms with Gasteiger partial charge in [0.05, 0.1) is 23.1 Å². The van der Waals surface area contributed by atoms with Gasteiger partial charge >= 0.3 is 5.97 Å². The SMILES string of the molecule is CC[C@H](OC(=O)c1cccc(N2C(=O)[C@H]3[C@@H]4C=C[C@H]([C@@H]5C[C@H]45)[C@@H]3C2=O)c1)C(=O)c1ccccc1. The average molecular weight is 456 g/mol. The second kappa shape index (κ2) is 7.76. The lowest BCUT2D eigenvalue weighted by molar-refractivity contribution is -0.124. The van der Waals surface area contributed by atoms with Crippen molar-refractivity contribution < 1.29 is 23.9 Å². The Kier molecular flexibility index (Phi) is 4.80. The van der Waals surface area contributed by atoms with Crippen LogP contribution in [0.25, 0.3) is 0 Å². The van der Waals surface area contributed by atoms with Crippen molar-refractivity contribution in [3.05, 3.63) is 77.9 Å². The zero-order chi connectivity index (χ0) is 23.6. The Balaban J connectivity index is 1.23. The molecule has 4 aliphatic carbocycles. The van der Waals surface area contributed by atoms with Crippen LogP contribution in [0.15, 0.2) is 66.7 Å². The number of carbonyl (C=O) groups is 4. The fourth-order valence-electron chi connectivity index (χ4n) is 6.29. The minimum Gasteiger partial charge on any atom is -0.450 e. The quantitative estimate of drug-likeness (QED) is 0.284. The van der Waals surface area contributed by atoms with Crippen LogP contribution in [0.1, 0.15) is 40.5 Å². The molecule has 1 aliphatic heterocycles. The molecule has 7 atom stereocenters. The van der Waals surface area contributed by atoms with Crippen LogP contribution in [0.4, 0.5) is 5.69 Å². The van der Waals surface area contributed by atoms with E-state index in [1.165, 1.54) is 11.0 Å². The van der Waals surface area contributed by atoms with Crippen LogP contribution >= 0.6 is 0 Å². The van der Waals surface area contributed by atoms with Gasteiger partial charge in [-0.15, -0.1) is 0 Å². The summed E-state index contributed by atoms with van der Waals surface area (Å²) in [5, 5.41) is 0. The molecule has 0 unspecified atom stereocenters. The smallest absolute Gasteiger partial charge is 0.338 e. The second-order valence-electron chi connectivity index (χ2n) is 9.75. The number of ether oxygens (including phenoxy) is 1. The van der Waals surface area contributed by atoms with Gasteiger partial charge in [0.15, 0.2) is 6.10 Å². The Hall–Kier alpha value is -3.54. The molecule has 2 saturated carbocycles. The number of Topliss-reactive ketones (excluding diaryl/α,β-unsaturated/α-hetero) is 1.